The van der Waals surface area contributed by atoms with Gasteiger partial charge in [-0.25, -0.2) is 0 Å². The Morgan fingerprint density at radius 1 is 1.30 bits per heavy atom. The molecule has 0 aliphatic carbocycles. The Hall–Kier alpha value is -1.03. The molecule has 104 valence electrons. The number of hydrogen-bond acceptors (Lipinski definition) is 2. The van der Waals surface area contributed by atoms with Gasteiger partial charge in [0.25, 0.3) is 0 Å². The molecule has 0 fully saturated rings. The van der Waals surface area contributed by atoms with Crippen molar-refractivity contribution in [2.45, 2.75) is 19.4 Å². The summed E-state index contributed by atoms with van der Waals surface area (Å²) in [6.45, 7) is 2.72. The maximum absolute atomic E-state index is 6.47. The van der Waals surface area contributed by atoms with Gasteiger partial charge in [0, 0.05) is 21.5 Å². The van der Waals surface area contributed by atoms with Crippen LogP contribution in [0.2, 0.25) is 5.02 Å². The third-order valence-corrected chi connectivity index (χ3v) is 4.62. The van der Waals surface area contributed by atoms with Crippen LogP contribution in [0.4, 0.5) is 0 Å². The minimum Gasteiger partial charge on any atom is -0.493 e. The smallest absolute Gasteiger partial charge is 0.127 e. The van der Waals surface area contributed by atoms with E-state index >= 15 is 0 Å². The zero-order valence-electron chi connectivity index (χ0n) is 11.1. The first kappa shape index (κ1) is 13.9. The van der Waals surface area contributed by atoms with Crippen LogP contribution in [-0.2, 0) is 6.42 Å². The Bertz CT molecular complexity index is 672. The normalized spacial score (nSPS) is 14.8. The van der Waals surface area contributed by atoms with Crippen LogP contribution in [-0.4, -0.2) is 6.61 Å². The van der Waals surface area contributed by atoms with Gasteiger partial charge in [0.1, 0.15) is 5.75 Å². The average Bonchev–Trinajstić information content (AvgIpc) is 2.88. The predicted octanol–water partition coefficient (Wildman–Crippen LogP) is 4.39. The highest BCUT2D eigenvalue weighted by atomic mass is 79.9. The van der Waals surface area contributed by atoms with Crippen LogP contribution in [0.5, 0.6) is 5.75 Å². The highest BCUT2D eigenvalue weighted by molar-refractivity contribution is 9.10. The van der Waals surface area contributed by atoms with E-state index in [1.54, 1.807) is 0 Å². The van der Waals surface area contributed by atoms with E-state index in [1.807, 2.05) is 31.2 Å². The monoisotopic (exact) mass is 351 g/mol. The number of fused-ring (bicyclic) bond motifs is 1. The average molecular weight is 353 g/mol. The van der Waals surface area contributed by atoms with Crippen LogP contribution in [0.1, 0.15) is 28.3 Å². The Kier molecular flexibility index (Phi) is 3.76. The van der Waals surface area contributed by atoms with Crippen molar-refractivity contribution in [2.75, 3.05) is 6.61 Å². The van der Waals surface area contributed by atoms with Gasteiger partial charge in [0.15, 0.2) is 0 Å². The SMILES string of the molecule is Cc1c(Cl)cccc1C(N)c1cc(Br)cc2c1OCC2. The standard InChI is InChI=1S/C16H15BrClNO/c1-9-12(3-2-4-14(9)18)15(19)13-8-11(17)7-10-5-6-20-16(10)13/h2-4,7-8,15H,5-6,19H2,1H3. The minimum atomic E-state index is -0.238. The molecular formula is C16H15BrClNO. The van der Waals surface area contributed by atoms with Crippen molar-refractivity contribution < 1.29 is 4.74 Å². The number of halogens is 2. The highest BCUT2D eigenvalue weighted by Gasteiger charge is 2.23. The summed E-state index contributed by atoms with van der Waals surface area (Å²) in [6, 6.07) is 9.74. The predicted molar refractivity (Wildman–Crippen MR) is 85.6 cm³/mol. The van der Waals surface area contributed by atoms with Gasteiger partial charge >= 0.3 is 0 Å². The summed E-state index contributed by atoms with van der Waals surface area (Å²) in [5.74, 6) is 0.931. The second kappa shape index (κ2) is 5.40. The van der Waals surface area contributed by atoms with Crippen LogP contribution < -0.4 is 10.5 Å². The summed E-state index contributed by atoms with van der Waals surface area (Å²) >= 11 is 9.75. The van der Waals surface area contributed by atoms with E-state index < -0.39 is 0 Å². The molecule has 0 bridgehead atoms. The lowest BCUT2D eigenvalue weighted by molar-refractivity contribution is 0.352. The largest absolute Gasteiger partial charge is 0.493 e. The Morgan fingerprint density at radius 3 is 2.90 bits per heavy atom. The summed E-state index contributed by atoms with van der Waals surface area (Å²) in [5, 5.41) is 0.741. The second-order valence-electron chi connectivity index (χ2n) is 5.01. The van der Waals surface area contributed by atoms with Gasteiger partial charge < -0.3 is 10.5 Å². The molecule has 2 aromatic rings. The molecule has 0 radical (unpaired) electrons. The van der Waals surface area contributed by atoms with E-state index in [-0.39, 0.29) is 6.04 Å². The molecule has 1 aliphatic rings. The molecule has 1 aliphatic heterocycles. The fourth-order valence-electron chi connectivity index (χ4n) is 2.66. The fourth-order valence-corrected chi connectivity index (χ4v) is 3.36. The van der Waals surface area contributed by atoms with Crippen LogP contribution in [0.25, 0.3) is 0 Å². The molecule has 2 N–H and O–H groups in total. The van der Waals surface area contributed by atoms with Gasteiger partial charge in [0.05, 0.1) is 12.6 Å². The molecule has 20 heavy (non-hydrogen) atoms. The van der Waals surface area contributed by atoms with Crippen molar-refractivity contribution in [3.8, 4) is 5.75 Å². The van der Waals surface area contributed by atoms with Crippen LogP contribution in [0.15, 0.2) is 34.8 Å². The Balaban J connectivity index is 2.11. The molecule has 0 spiro atoms. The lowest BCUT2D eigenvalue weighted by Gasteiger charge is -2.19. The summed E-state index contributed by atoms with van der Waals surface area (Å²) < 4.78 is 6.80. The maximum Gasteiger partial charge on any atom is 0.127 e. The number of hydrogen-bond donors (Lipinski definition) is 1. The van der Waals surface area contributed by atoms with Gasteiger partial charge in [0.2, 0.25) is 0 Å². The molecule has 4 heteroatoms. The first-order chi connectivity index (χ1) is 9.58. The van der Waals surface area contributed by atoms with Gasteiger partial charge in [-0.3, -0.25) is 0 Å². The molecule has 3 rings (SSSR count). The zero-order valence-corrected chi connectivity index (χ0v) is 13.5. The van der Waals surface area contributed by atoms with Gasteiger partial charge in [-0.1, -0.05) is 39.7 Å². The quantitative estimate of drug-likeness (QED) is 0.870. The summed E-state index contributed by atoms with van der Waals surface area (Å²) in [7, 11) is 0. The first-order valence-electron chi connectivity index (χ1n) is 6.53. The number of rotatable bonds is 2. The third-order valence-electron chi connectivity index (χ3n) is 3.76. The van der Waals surface area contributed by atoms with E-state index in [1.165, 1.54) is 5.56 Å². The molecule has 0 saturated heterocycles. The topological polar surface area (TPSA) is 35.2 Å². The van der Waals surface area contributed by atoms with Crippen molar-refractivity contribution in [1.82, 2.24) is 0 Å². The molecule has 1 unspecified atom stereocenters. The minimum absolute atomic E-state index is 0.238. The lowest BCUT2D eigenvalue weighted by Crippen LogP contribution is -2.14. The molecule has 0 amide bonds. The molecular weight excluding hydrogens is 338 g/mol. The molecule has 2 aromatic carbocycles. The molecule has 0 saturated carbocycles. The highest BCUT2D eigenvalue weighted by Crippen LogP contribution is 2.39. The maximum atomic E-state index is 6.47. The molecule has 2 nitrogen and oxygen atoms in total. The van der Waals surface area contributed by atoms with Crippen molar-refractivity contribution in [3.63, 3.8) is 0 Å². The van der Waals surface area contributed by atoms with E-state index in [0.29, 0.717) is 0 Å². The zero-order chi connectivity index (χ0) is 14.3. The fraction of sp³-hybridized carbons (Fsp3) is 0.250. The van der Waals surface area contributed by atoms with Crippen molar-refractivity contribution in [2.24, 2.45) is 5.73 Å². The third kappa shape index (κ3) is 2.34. The summed E-state index contributed by atoms with van der Waals surface area (Å²) in [4.78, 5) is 0. The summed E-state index contributed by atoms with van der Waals surface area (Å²) in [5.41, 5.74) is 10.7. The number of benzene rings is 2. The van der Waals surface area contributed by atoms with Crippen molar-refractivity contribution in [1.29, 1.82) is 0 Å². The van der Waals surface area contributed by atoms with E-state index in [2.05, 4.69) is 22.0 Å². The van der Waals surface area contributed by atoms with E-state index in [9.17, 15) is 0 Å². The van der Waals surface area contributed by atoms with Crippen LogP contribution in [0, 0.1) is 6.92 Å². The van der Waals surface area contributed by atoms with Gasteiger partial charge in [-0.2, -0.15) is 0 Å². The molecule has 1 heterocycles. The van der Waals surface area contributed by atoms with Crippen LogP contribution >= 0.6 is 27.5 Å². The van der Waals surface area contributed by atoms with E-state index in [4.69, 9.17) is 22.1 Å². The first-order valence-corrected chi connectivity index (χ1v) is 7.70. The Labute approximate surface area is 132 Å². The Morgan fingerprint density at radius 2 is 2.10 bits per heavy atom. The van der Waals surface area contributed by atoms with Crippen molar-refractivity contribution >= 4 is 27.5 Å². The van der Waals surface area contributed by atoms with Gasteiger partial charge in [-0.05, 0) is 41.8 Å². The van der Waals surface area contributed by atoms with Crippen molar-refractivity contribution in [3.05, 3.63) is 62.1 Å². The van der Waals surface area contributed by atoms with Gasteiger partial charge in [-0.15, -0.1) is 0 Å². The van der Waals surface area contributed by atoms with E-state index in [0.717, 1.165) is 45.0 Å². The number of nitrogens with two attached hydrogens (primary N) is 1. The molecule has 0 aromatic heterocycles. The number of ether oxygens (including phenoxy) is 1. The molecule has 1 atom stereocenters. The van der Waals surface area contributed by atoms with Crippen LogP contribution in [0.3, 0.4) is 0 Å². The second-order valence-corrected chi connectivity index (χ2v) is 6.34. The lowest BCUT2D eigenvalue weighted by atomic mass is 9.94. The summed E-state index contributed by atoms with van der Waals surface area (Å²) in [6.07, 6.45) is 0.934.